The number of thioether (sulfide) groups is 1. The van der Waals surface area contributed by atoms with Crippen LogP contribution in [-0.4, -0.2) is 22.7 Å². The predicted octanol–water partition coefficient (Wildman–Crippen LogP) is 7.42. The summed E-state index contributed by atoms with van der Waals surface area (Å²) in [7, 11) is 0. The number of rotatable bonds is 10. The third-order valence-corrected chi connectivity index (χ3v) is 6.82. The molecule has 5 nitrogen and oxygen atoms in total. The van der Waals surface area contributed by atoms with E-state index < -0.39 is 17.0 Å². The van der Waals surface area contributed by atoms with Gasteiger partial charge in [-0.3, -0.25) is 14.5 Å². The molecule has 190 valence electrons. The maximum Gasteiger partial charge on any atom is 0.293 e. The summed E-state index contributed by atoms with van der Waals surface area (Å²) in [5.74, 6) is 0.227. The van der Waals surface area contributed by atoms with Gasteiger partial charge >= 0.3 is 0 Å². The highest BCUT2D eigenvalue weighted by Crippen LogP contribution is 2.38. The molecule has 0 radical (unpaired) electrons. The first-order valence-corrected chi connectivity index (χ1v) is 12.9. The Kier molecular flexibility index (Phi) is 8.69. The second-order valence-electron chi connectivity index (χ2n) is 8.21. The Bertz CT molecular complexity index is 1360. The standard InChI is InChI=1S/C29H25ClFNO4S/c1-3-8-21-13-20(14-25(35-4-2)27(21)36-18-19-9-6-5-7-10-19)15-26-28(33)32(29(34)37-26)17-22-11-12-23(31)16-24(22)30/h3,5-7,9-16H,1,4,8,17-18H2,2H3/b26-15-. The number of benzene rings is 3. The number of nitrogens with zero attached hydrogens (tertiary/aromatic N) is 1. The Labute approximate surface area is 224 Å². The summed E-state index contributed by atoms with van der Waals surface area (Å²) in [6.07, 6.45) is 3.95. The SMILES string of the molecule is C=CCc1cc(/C=C2\SC(=O)N(Cc3ccc(F)cc3Cl)C2=O)cc(OCC)c1OCc1ccccc1. The normalized spacial score (nSPS) is 14.4. The Morgan fingerprint density at radius 2 is 1.84 bits per heavy atom. The third-order valence-electron chi connectivity index (χ3n) is 5.56. The average molecular weight is 538 g/mol. The van der Waals surface area contributed by atoms with Crippen molar-refractivity contribution in [3.63, 3.8) is 0 Å². The first kappa shape index (κ1) is 26.5. The van der Waals surface area contributed by atoms with Crippen LogP contribution in [0.2, 0.25) is 5.02 Å². The van der Waals surface area contributed by atoms with Crippen LogP contribution in [-0.2, 0) is 24.4 Å². The number of allylic oxidation sites excluding steroid dienone is 1. The van der Waals surface area contributed by atoms with Gasteiger partial charge in [0, 0.05) is 10.6 Å². The van der Waals surface area contributed by atoms with E-state index in [1.54, 1.807) is 18.2 Å². The van der Waals surface area contributed by atoms with Crippen molar-refractivity contribution in [1.29, 1.82) is 0 Å². The monoisotopic (exact) mass is 537 g/mol. The van der Waals surface area contributed by atoms with Crippen LogP contribution in [0.4, 0.5) is 9.18 Å². The molecule has 4 rings (SSSR count). The van der Waals surface area contributed by atoms with Crippen molar-refractivity contribution in [2.75, 3.05) is 6.61 Å². The van der Waals surface area contributed by atoms with Crippen molar-refractivity contribution < 1.29 is 23.5 Å². The van der Waals surface area contributed by atoms with Crippen molar-refractivity contribution >= 4 is 40.6 Å². The fourth-order valence-electron chi connectivity index (χ4n) is 3.84. The van der Waals surface area contributed by atoms with Crippen LogP contribution in [0, 0.1) is 5.82 Å². The summed E-state index contributed by atoms with van der Waals surface area (Å²) in [5.41, 5.74) is 3.05. The highest BCUT2D eigenvalue weighted by Gasteiger charge is 2.35. The lowest BCUT2D eigenvalue weighted by molar-refractivity contribution is -0.123. The Hall–Kier alpha value is -3.55. The molecule has 3 aromatic carbocycles. The van der Waals surface area contributed by atoms with E-state index in [1.807, 2.05) is 43.3 Å². The molecule has 0 unspecified atom stereocenters. The molecule has 0 bridgehead atoms. The van der Waals surface area contributed by atoms with Gasteiger partial charge in [0.1, 0.15) is 12.4 Å². The molecule has 37 heavy (non-hydrogen) atoms. The van der Waals surface area contributed by atoms with Gasteiger partial charge in [0.2, 0.25) is 0 Å². The van der Waals surface area contributed by atoms with Crippen molar-refractivity contribution in [2.45, 2.75) is 26.5 Å². The van der Waals surface area contributed by atoms with E-state index in [0.717, 1.165) is 33.9 Å². The largest absolute Gasteiger partial charge is 0.490 e. The number of hydrogen-bond acceptors (Lipinski definition) is 5. The molecule has 0 aliphatic carbocycles. The van der Waals surface area contributed by atoms with Gasteiger partial charge in [-0.25, -0.2) is 4.39 Å². The molecule has 1 heterocycles. The number of ether oxygens (including phenoxy) is 2. The smallest absolute Gasteiger partial charge is 0.293 e. The van der Waals surface area contributed by atoms with Crippen LogP contribution in [0.15, 0.2) is 78.2 Å². The number of carbonyl (C=O) groups excluding carboxylic acids is 2. The molecule has 8 heteroatoms. The van der Waals surface area contributed by atoms with Crippen molar-refractivity contribution in [1.82, 2.24) is 4.90 Å². The van der Waals surface area contributed by atoms with Gasteiger partial charge in [0.05, 0.1) is 18.1 Å². The van der Waals surface area contributed by atoms with Crippen molar-refractivity contribution in [3.8, 4) is 11.5 Å². The number of imide groups is 1. The first-order chi connectivity index (χ1) is 17.9. The molecular formula is C29H25ClFNO4S. The van der Waals surface area contributed by atoms with Gasteiger partial charge in [0.25, 0.3) is 11.1 Å². The molecule has 0 atom stereocenters. The van der Waals surface area contributed by atoms with Gasteiger partial charge < -0.3 is 9.47 Å². The molecule has 3 aromatic rings. The predicted molar refractivity (Wildman–Crippen MR) is 145 cm³/mol. The lowest BCUT2D eigenvalue weighted by Crippen LogP contribution is -2.27. The van der Waals surface area contributed by atoms with Gasteiger partial charge in [-0.05, 0) is 72.1 Å². The highest BCUT2D eigenvalue weighted by molar-refractivity contribution is 8.18. The summed E-state index contributed by atoms with van der Waals surface area (Å²) in [5, 5.41) is -0.264. The van der Waals surface area contributed by atoms with Gasteiger partial charge in [-0.1, -0.05) is 54.1 Å². The lowest BCUT2D eigenvalue weighted by atomic mass is 10.0. The van der Waals surface area contributed by atoms with Crippen LogP contribution in [0.25, 0.3) is 6.08 Å². The molecule has 2 amide bonds. The fourth-order valence-corrected chi connectivity index (χ4v) is 4.90. The van der Waals surface area contributed by atoms with Crippen LogP contribution >= 0.6 is 23.4 Å². The third kappa shape index (κ3) is 6.42. The molecule has 1 aliphatic rings. The number of amides is 2. The molecule has 0 spiro atoms. The van der Waals surface area contributed by atoms with Crippen LogP contribution in [0.5, 0.6) is 11.5 Å². The van der Waals surface area contributed by atoms with E-state index in [4.69, 9.17) is 21.1 Å². The van der Waals surface area contributed by atoms with Gasteiger partial charge in [-0.15, -0.1) is 6.58 Å². The quantitative estimate of drug-likeness (QED) is 0.199. The zero-order valence-corrected chi connectivity index (χ0v) is 21.8. The summed E-state index contributed by atoms with van der Waals surface area (Å²) >= 11 is 6.94. The molecule has 0 saturated carbocycles. The average Bonchev–Trinajstić information content (AvgIpc) is 3.13. The van der Waals surface area contributed by atoms with Crippen LogP contribution < -0.4 is 9.47 Å². The molecular weight excluding hydrogens is 513 g/mol. The summed E-state index contributed by atoms with van der Waals surface area (Å²) in [6.45, 7) is 6.49. The minimum absolute atomic E-state index is 0.0424. The minimum atomic E-state index is -0.487. The van der Waals surface area contributed by atoms with Crippen molar-refractivity contribution in [2.24, 2.45) is 0 Å². The molecule has 1 fully saturated rings. The second-order valence-corrected chi connectivity index (χ2v) is 9.61. The fraction of sp³-hybridized carbons (Fsp3) is 0.172. The zero-order chi connectivity index (χ0) is 26.4. The van der Waals surface area contributed by atoms with Crippen LogP contribution in [0.3, 0.4) is 0 Å². The summed E-state index contributed by atoms with van der Waals surface area (Å²) in [4.78, 5) is 27.1. The minimum Gasteiger partial charge on any atom is -0.490 e. The van der Waals surface area contributed by atoms with Gasteiger partial charge in [0.15, 0.2) is 11.5 Å². The molecule has 1 aliphatic heterocycles. The molecule has 1 saturated heterocycles. The zero-order valence-electron chi connectivity index (χ0n) is 20.2. The Morgan fingerprint density at radius 3 is 2.54 bits per heavy atom. The van der Waals surface area contributed by atoms with E-state index >= 15 is 0 Å². The van der Waals surface area contributed by atoms with E-state index in [2.05, 4.69) is 6.58 Å². The number of halogens is 2. The van der Waals surface area contributed by atoms with E-state index in [1.165, 1.54) is 12.1 Å². The van der Waals surface area contributed by atoms with E-state index in [-0.39, 0.29) is 16.5 Å². The molecule has 0 N–H and O–H groups in total. The maximum atomic E-state index is 13.4. The summed E-state index contributed by atoms with van der Waals surface area (Å²) < 4.78 is 25.4. The van der Waals surface area contributed by atoms with Crippen molar-refractivity contribution in [3.05, 3.63) is 111 Å². The van der Waals surface area contributed by atoms with E-state index in [0.29, 0.717) is 42.3 Å². The second kappa shape index (κ2) is 12.1. The van der Waals surface area contributed by atoms with Gasteiger partial charge in [-0.2, -0.15) is 0 Å². The highest BCUT2D eigenvalue weighted by atomic mass is 35.5. The summed E-state index contributed by atoms with van der Waals surface area (Å²) in [6, 6.07) is 17.4. The Balaban J connectivity index is 1.62. The lowest BCUT2D eigenvalue weighted by Gasteiger charge is -2.17. The maximum absolute atomic E-state index is 13.4. The van der Waals surface area contributed by atoms with Crippen LogP contribution in [0.1, 0.15) is 29.2 Å². The molecule has 0 aromatic heterocycles. The first-order valence-electron chi connectivity index (χ1n) is 11.7. The number of hydrogen-bond donors (Lipinski definition) is 0. The van der Waals surface area contributed by atoms with E-state index in [9.17, 15) is 14.0 Å². The Morgan fingerprint density at radius 1 is 1.05 bits per heavy atom. The topological polar surface area (TPSA) is 55.8 Å². The number of carbonyl (C=O) groups is 2.